The molecule has 1 aliphatic carbocycles. The molecule has 2 saturated heterocycles. The fourth-order valence-electron chi connectivity index (χ4n) is 3.66. The molecule has 2 aliphatic heterocycles. The zero-order valence-corrected chi connectivity index (χ0v) is 13.1. The summed E-state index contributed by atoms with van der Waals surface area (Å²) in [7, 11) is 0. The number of piperazine rings is 1. The molecule has 2 heterocycles. The van der Waals surface area contributed by atoms with Crippen molar-refractivity contribution in [2.75, 3.05) is 39.3 Å². The van der Waals surface area contributed by atoms with Gasteiger partial charge in [0.15, 0.2) is 0 Å². The maximum atomic E-state index is 12.1. The van der Waals surface area contributed by atoms with Crippen LogP contribution >= 0.6 is 0 Å². The minimum absolute atomic E-state index is 0.385. The van der Waals surface area contributed by atoms with Gasteiger partial charge in [-0.25, -0.2) is 0 Å². The number of likely N-dealkylation sites (tertiary alicyclic amines) is 1. The van der Waals surface area contributed by atoms with E-state index in [2.05, 4.69) is 28.5 Å². The van der Waals surface area contributed by atoms with Crippen molar-refractivity contribution in [3.8, 4) is 0 Å². The van der Waals surface area contributed by atoms with Crippen molar-refractivity contribution in [1.29, 1.82) is 0 Å². The van der Waals surface area contributed by atoms with Crippen molar-refractivity contribution in [2.45, 2.75) is 51.6 Å². The molecule has 0 spiro atoms. The molecule has 0 atom stereocenters. The molecule has 0 aromatic heterocycles. The Morgan fingerprint density at radius 3 is 2.00 bits per heavy atom. The van der Waals surface area contributed by atoms with Crippen LogP contribution in [-0.4, -0.2) is 72.0 Å². The SMILES string of the molecule is CC(C)N1CCC(N2CCN(C(=O)C3CC3)CC2)CC1. The fraction of sp³-hybridized carbons (Fsp3) is 0.938. The van der Waals surface area contributed by atoms with Crippen molar-refractivity contribution in [2.24, 2.45) is 5.92 Å². The van der Waals surface area contributed by atoms with Crippen LogP contribution < -0.4 is 0 Å². The van der Waals surface area contributed by atoms with Crippen LogP contribution in [0, 0.1) is 5.92 Å². The maximum Gasteiger partial charge on any atom is 0.225 e. The molecule has 0 radical (unpaired) electrons. The van der Waals surface area contributed by atoms with Gasteiger partial charge in [0.25, 0.3) is 0 Å². The molecule has 4 nitrogen and oxygen atoms in total. The lowest BCUT2D eigenvalue weighted by molar-refractivity contribution is -0.134. The standard InChI is InChI=1S/C16H29N3O/c1-13(2)17-7-5-15(6-8-17)18-9-11-19(12-10-18)16(20)14-3-4-14/h13-15H,3-12H2,1-2H3. The number of amides is 1. The lowest BCUT2D eigenvalue weighted by atomic mass is 10.0. The van der Waals surface area contributed by atoms with Crippen LogP contribution in [0.15, 0.2) is 0 Å². The highest BCUT2D eigenvalue weighted by Gasteiger charge is 2.35. The van der Waals surface area contributed by atoms with Crippen LogP contribution in [0.5, 0.6) is 0 Å². The molecule has 1 saturated carbocycles. The number of nitrogens with zero attached hydrogens (tertiary/aromatic N) is 3. The highest BCUT2D eigenvalue weighted by Crippen LogP contribution is 2.31. The van der Waals surface area contributed by atoms with E-state index in [1.54, 1.807) is 0 Å². The first-order valence-electron chi connectivity index (χ1n) is 8.42. The Morgan fingerprint density at radius 2 is 1.50 bits per heavy atom. The highest BCUT2D eigenvalue weighted by atomic mass is 16.2. The molecule has 1 amide bonds. The summed E-state index contributed by atoms with van der Waals surface area (Å²) in [5.74, 6) is 0.815. The summed E-state index contributed by atoms with van der Waals surface area (Å²) >= 11 is 0. The van der Waals surface area contributed by atoms with Gasteiger partial charge in [0.1, 0.15) is 0 Å². The Hall–Kier alpha value is -0.610. The van der Waals surface area contributed by atoms with E-state index in [9.17, 15) is 4.79 Å². The molecule has 3 aliphatic rings. The van der Waals surface area contributed by atoms with Gasteiger partial charge in [-0.1, -0.05) is 0 Å². The van der Waals surface area contributed by atoms with Crippen molar-refractivity contribution < 1.29 is 4.79 Å². The summed E-state index contributed by atoms with van der Waals surface area (Å²) < 4.78 is 0. The normalized spacial score (nSPS) is 27.2. The number of carbonyl (C=O) groups excluding carboxylic acids is 1. The zero-order valence-electron chi connectivity index (χ0n) is 13.1. The Morgan fingerprint density at radius 1 is 0.900 bits per heavy atom. The predicted octanol–water partition coefficient (Wildman–Crippen LogP) is 1.41. The molecule has 4 heteroatoms. The lowest BCUT2D eigenvalue weighted by Crippen LogP contribution is -2.55. The number of hydrogen-bond acceptors (Lipinski definition) is 3. The van der Waals surface area contributed by atoms with Gasteiger partial charge in [0, 0.05) is 44.2 Å². The molecule has 3 rings (SSSR count). The molecular formula is C16H29N3O. The summed E-state index contributed by atoms with van der Waals surface area (Å²) in [5, 5.41) is 0. The van der Waals surface area contributed by atoms with E-state index in [-0.39, 0.29) is 0 Å². The predicted molar refractivity (Wildman–Crippen MR) is 80.6 cm³/mol. The number of carbonyl (C=O) groups is 1. The molecule has 0 unspecified atom stereocenters. The summed E-state index contributed by atoms with van der Waals surface area (Å²) in [6.45, 7) is 11.2. The van der Waals surface area contributed by atoms with Crippen molar-refractivity contribution >= 4 is 5.91 Å². The van der Waals surface area contributed by atoms with Crippen LogP contribution in [0.25, 0.3) is 0 Å². The van der Waals surface area contributed by atoms with Crippen molar-refractivity contribution in [3.63, 3.8) is 0 Å². The first-order valence-corrected chi connectivity index (χ1v) is 8.42. The summed E-state index contributed by atoms with van der Waals surface area (Å²) in [6.07, 6.45) is 4.86. The van der Waals surface area contributed by atoms with Gasteiger partial charge in [-0.15, -0.1) is 0 Å². The zero-order chi connectivity index (χ0) is 14.1. The topological polar surface area (TPSA) is 26.8 Å². The van der Waals surface area contributed by atoms with Crippen LogP contribution in [0.1, 0.15) is 39.5 Å². The Balaban J connectivity index is 1.43. The molecular weight excluding hydrogens is 250 g/mol. The van der Waals surface area contributed by atoms with Crippen LogP contribution in [-0.2, 0) is 4.79 Å². The molecule has 0 aromatic carbocycles. The number of hydrogen-bond donors (Lipinski definition) is 0. The van der Waals surface area contributed by atoms with Crippen molar-refractivity contribution in [3.05, 3.63) is 0 Å². The quantitative estimate of drug-likeness (QED) is 0.781. The molecule has 0 aromatic rings. The fourth-order valence-corrected chi connectivity index (χ4v) is 3.66. The van der Waals surface area contributed by atoms with E-state index < -0.39 is 0 Å². The number of piperidine rings is 1. The molecule has 0 N–H and O–H groups in total. The van der Waals surface area contributed by atoms with E-state index in [0.717, 1.165) is 45.1 Å². The first-order chi connectivity index (χ1) is 9.65. The van der Waals surface area contributed by atoms with Gasteiger partial charge >= 0.3 is 0 Å². The molecule has 3 fully saturated rings. The Labute approximate surface area is 123 Å². The van der Waals surface area contributed by atoms with Gasteiger partial charge in [0.05, 0.1) is 0 Å². The Kier molecular flexibility index (Phi) is 4.32. The second kappa shape index (κ2) is 6.02. The number of rotatable bonds is 3. The van der Waals surface area contributed by atoms with Crippen molar-refractivity contribution in [1.82, 2.24) is 14.7 Å². The third kappa shape index (κ3) is 3.17. The lowest BCUT2D eigenvalue weighted by Gasteiger charge is -2.43. The van der Waals surface area contributed by atoms with E-state index in [1.807, 2.05) is 0 Å². The summed E-state index contributed by atoms with van der Waals surface area (Å²) in [4.78, 5) is 19.4. The van der Waals surface area contributed by atoms with Gasteiger partial charge in [-0.05, 0) is 52.6 Å². The maximum absolute atomic E-state index is 12.1. The average Bonchev–Trinajstić information content (AvgIpc) is 3.31. The second-order valence-corrected chi connectivity index (χ2v) is 7.00. The van der Waals surface area contributed by atoms with Crippen LogP contribution in [0.3, 0.4) is 0 Å². The molecule has 114 valence electrons. The van der Waals surface area contributed by atoms with Gasteiger partial charge in [-0.3, -0.25) is 9.69 Å². The first kappa shape index (κ1) is 14.3. The van der Waals surface area contributed by atoms with Gasteiger partial charge in [0.2, 0.25) is 5.91 Å². The largest absolute Gasteiger partial charge is 0.340 e. The third-order valence-corrected chi connectivity index (χ3v) is 5.30. The molecule has 0 bridgehead atoms. The second-order valence-electron chi connectivity index (χ2n) is 7.00. The highest BCUT2D eigenvalue weighted by molar-refractivity contribution is 5.81. The smallest absolute Gasteiger partial charge is 0.225 e. The minimum atomic E-state index is 0.385. The third-order valence-electron chi connectivity index (χ3n) is 5.30. The van der Waals surface area contributed by atoms with E-state index in [0.29, 0.717) is 17.9 Å². The van der Waals surface area contributed by atoms with Crippen LogP contribution in [0.2, 0.25) is 0 Å². The molecule has 20 heavy (non-hydrogen) atoms. The Bertz CT molecular complexity index is 338. The minimum Gasteiger partial charge on any atom is -0.340 e. The monoisotopic (exact) mass is 279 g/mol. The van der Waals surface area contributed by atoms with E-state index in [1.165, 1.54) is 25.9 Å². The van der Waals surface area contributed by atoms with E-state index >= 15 is 0 Å². The van der Waals surface area contributed by atoms with E-state index in [4.69, 9.17) is 0 Å². The summed E-state index contributed by atoms with van der Waals surface area (Å²) in [6, 6.07) is 1.44. The van der Waals surface area contributed by atoms with Crippen LogP contribution in [0.4, 0.5) is 0 Å². The van der Waals surface area contributed by atoms with Gasteiger partial charge in [-0.2, -0.15) is 0 Å². The van der Waals surface area contributed by atoms with Gasteiger partial charge < -0.3 is 9.80 Å². The summed E-state index contributed by atoms with van der Waals surface area (Å²) in [5.41, 5.74) is 0. The average molecular weight is 279 g/mol.